The number of pyridine rings is 1. The second-order valence-corrected chi connectivity index (χ2v) is 4.92. The lowest BCUT2D eigenvalue weighted by Gasteiger charge is -2.35. The molecule has 1 aliphatic heterocycles. The van der Waals surface area contributed by atoms with Crippen LogP contribution in [0.15, 0.2) is 12.3 Å². The van der Waals surface area contributed by atoms with E-state index in [9.17, 15) is 0 Å². The first kappa shape index (κ1) is 13.3. The number of anilines is 1. The normalized spacial score (nSPS) is 17.2. The second-order valence-electron chi connectivity index (χ2n) is 4.92. The Morgan fingerprint density at radius 2 is 2.00 bits per heavy atom. The highest BCUT2D eigenvalue weighted by Crippen LogP contribution is 2.17. The lowest BCUT2D eigenvalue weighted by Crippen LogP contribution is -2.46. The summed E-state index contributed by atoms with van der Waals surface area (Å²) in [5.41, 5.74) is 2.61. The van der Waals surface area contributed by atoms with Crippen LogP contribution >= 0.6 is 0 Å². The molecular weight excluding hydrogens is 224 g/mol. The van der Waals surface area contributed by atoms with Crippen LogP contribution in [-0.4, -0.2) is 49.7 Å². The zero-order chi connectivity index (χ0) is 13.0. The number of nitrogens with one attached hydrogen (secondary N) is 1. The quantitative estimate of drug-likeness (QED) is 0.869. The average Bonchev–Trinajstić information content (AvgIpc) is 2.41. The molecule has 1 fully saturated rings. The molecule has 0 aliphatic carbocycles. The van der Waals surface area contributed by atoms with Gasteiger partial charge in [0.05, 0.1) is 0 Å². The van der Waals surface area contributed by atoms with E-state index in [1.807, 2.05) is 13.2 Å². The summed E-state index contributed by atoms with van der Waals surface area (Å²) in [6.07, 6.45) is 2.01. The summed E-state index contributed by atoms with van der Waals surface area (Å²) in [5, 5.41) is 3.18. The van der Waals surface area contributed by atoms with E-state index < -0.39 is 0 Å². The molecule has 1 aliphatic rings. The van der Waals surface area contributed by atoms with Gasteiger partial charge in [-0.3, -0.25) is 0 Å². The number of aryl methyl sites for hydroxylation is 1. The Bertz CT molecular complexity index is 383. The SMILES string of the molecule is CCN1CCN(c2cc(C)c(CNC)cn2)CC1. The molecule has 1 N–H and O–H groups in total. The summed E-state index contributed by atoms with van der Waals surface area (Å²) >= 11 is 0. The maximum absolute atomic E-state index is 4.60. The van der Waals surface area contributed by atoms with Crippen molar-refractivity contribution in [2.45, 2.75) is 20.4 Å². The molecule has 1 saturated heterocycles. The lowest BCUT2D eigenvalue weighted by molar-refractivity contribution is 0.270. The summed E-state index contributed by atoms with van der Waals surface area (Å²) in [4.78, 5) is 9.48. The summed E-state index contributed by atoms with van der Waals surface area (Å²) < 4.78 is 0. The first-order chi connectivity index (χ1) is 8.74. The minimum absolute atomic E-state index is 0.892. The molecule has 0 spiro atoms. The number of hydrogen-bond donors (Lipinski definition) is 1. The fraction of sp³-hybridized carbons (Fsp3) is 0.643. The lowest BCUT2D eigenvalue weighted by atomic mass is 10.1. The van der Waals surface area contributed by atoms with E-state index in [1.165, 1.54) is 11.1 Å². The van der Waals surface area contributed by atoms with Gasteiger partial charge in [-0.05, 0) is 37.7 Å². The molecule has 100 valence electrons. The molecule has 0 radical (unpaired) electrons. The van der Waals surface area contributed by atoms with E-state index in [-0.39, 0.29) is 0 Å². The third-order valence-electron chi connectivity index (χ3n) is 3.72. The van der Waals surface area contributed by atoms with Gasteiger partial charge in [-0.15, -0.1) is 0 Å². The smallest absolute Gasteiger partial charge is 0.128 e. The zero-order valence-electron chi connectivity index (χ0n) is 11.7. The van der Waals surface area contributed by atoms with Gasteiger partial charge < -0.3 is 15.1 Å². The molecule has 0 aromatic carbocycles. The highest BCUT2D eigenvalue weighted by Gasteiger charge is 2.17. The van der Waals surface area contributed by atoms with Crippen LogP contribution in [0.3, 0.4) is 0 Å². The first-order valence-corrected chi connectivity index (χ1v) is 6.82. The Labute approximate surface area is 110 Å². The van der Waals surface area contributed by atoms with Crippen molar-refractivity contribution in [3.05, 3.63) is 23.4 Å². The fourth-order valence-electron chi connectivity index (χ4n) is 2.41. The van der Waals surface area contributed by atoms with E-state index in [1.54, 1.807) is 0 Å². The van der Waals surface area contributed by atoms with Gasteiger partial charge in [-0.1, -0.05) is 6.92 Å². The molecule has 2 rings (SSSR count). The largest absolute Gasteiger partial charge is 0.354 e. The van der Waals surface area contributed by atoms with Crippen molar-refractivity contribution >= 4 is 5.82 Å². The standard InChI is InChI=1S/C14H24N4/c1-4-17-5-7-18(8-6-17)14-9-12(2)13(10-15-3)11-16-14/h9,11,15H,4-8,10H2,1-3H3. The highest BCUT2D eigenvalue weighted by atomic mass is 15.3. The van der Waals surface area contributed by atoms with Crippen molar-refractivity contribution in [1.82, 2.24) is 15.2 Å². The Balaban J connectivity index is 2.03. The van der Waals surface area contributed by atoms with Crippen LogP contribution in [0.5, 0.6) is 0 Å². The van der Waals surface area contributed by atoms with E-state index >= 15 is 0 Å². The predicted molar refractivity (Wildman–Crippen MR) is 76.1 cm³/mol. The van der Waals surface area contributed by atoms with E-state index in [2.05, 4.69) is 40.0 Å². The van der Waals surface area contributed by atoms with Gasteiger partial charge in [-0.2, -0.15) is 0 Å². The van der Waals surface area contributed by atoms with Crippen molar-refractivity contribution in [3.63, 3.8) is 0 Å². The summed E-state index contributed by atoms with van der Waals surface area (Å²) in [6.45, 7) is 10.9. The van der Waals surface area contributed by atoms with Crippen molar-refractivity contribution in [1.29, 1.82) is 0 Å². The molecule has 0 amide bonds. The van der Waals surface area contributed by atoms with Crippen LogP contribution in [0.1, 0.15) is 18.1 Å². The topological polar surface area (TPSA) is 31.4 Å². The Morgan fingerprint density at radius 1 is 1.28 bits per heavy atom. The molecule has 4 heteroatoms. The molecule has 2 heterocycles. The molecule has 1 aromatic rings. The van der Waals surface area contributed by atoms with E-state index in [0.29, 0.717) is 0 Å². The maximum Gasteiger partial charge on any atom is 0.128 e. The van der Waals surface area contributed by atoms with Crippen LogP contribution in [0, 0.1) is 6.92 Å². The van der Waals surface area contributed by atoms with Gasteiger partial charge in [0.1, 0.15) is 5.82 Å². The second kappa shape index (κ2) is 6.16. The highest BCUT2D eigenvalue weighted by molar-refractivity contribution is 5.43. The van der Waals surface area contributed by atoms with Crippen molar-refractivity contribution in [3.8, 4) is 0 Å². The number of rotatable bonds is 4. The van der Waals surface area contributed by atoms with Gasteiger partial charge in [0, 0.05) is 38.9 Å². The molecule has 1 aromatic heterocycles. The first-order valence-electron chi connectivity index (χ1n) is 6.82. The molecule has 18 heavy (non-hydrogen) atoms. The summed E-state index contributed by atoms with van der Waals surface area (Å²) in [6, 6.07) is 2.22. The molecule has 0 bridgehead atoms. The van der Waals surface area contributed by atoms with Crippen LogP contribution in [0.2, 0.25) is 0 Å². The average molecular weight is 248 g/mol. The molecule has 4 nitrogen and oxygen atoms in total. The van der Waals surface area contributed by atoms with Crippen molar-refractivity contribution < 1.29 is 0 Å². The Kier molecular flexibility index (Phi) is 4.55. The van der Waals surface area contributed by atoms with Crippen LogP contribution in [0.4, 0.5) is 5.82 Å². The van der Waals surface area contributed by atoms with Gasteiger partial charge >= 0.3 is 0 Å². The van der Waals surface area contributed by atoms with Crippen LogP contribution in [0.25, 0.3) is 0 Å². The molecule has 0 unspecified atom stereocenters. The van der Waals surface area contributed by atoms with Gasteiger partial charge in [-0.25, -0.2) is 4.98 Å². The minimum atomic E-state index is 0.892. The van der Waals surface area contributed by atoms with Gasteiger partial charge in [0.25, 0.3) is 0 Å². The number of piperazine rings is 1. The Hall–Kier alpha value is -1.13. The fourth-order valence-corrected chi connectivity index (χ4v) is 2.41. The van der Waals surface area contributed by atoms with Crippen molar-refractivity contribution in [2.24, 2.45) is 0 Å². The molecular formula is C14H24N4. The Morgan fingerprint density at radius 3 is 2.56 bits per heavy atom. The third kappa shape index (κ3) is 3.00. The summed E-state index contributed by atoms with van der Waals surface area (Å²) in [5.74, 6) is 1.13. The monoisotopic (exact) mass is 248 g/mol. The van der Waals surface area contributed by atoms with Crippen molar-refractivity contribution in [2.75, 3.05) is 44.7 Å². The van der Waals surface area contributed by atoms with Gasteiger partial charge in [0.2, 0.25) is 0 Å². The predicted octanol–water partition coefficient (Wildman–Crippen LogP) is 1.25. The molecule has 0 atom stereocenters. The number of hydrogen-bond acceptors (Lipinski definition) is 4. The maximum atomic E-state index is 4.60. The van der Waals surface area contributed by atoms with E-state index in [4.69, 9.17) is 0 Å². The zero-order valence-corrected chi connectivity index (χ0v) is 11.7. The summed E-state index contributed by atoms with van der Waals surface area (Å²) in [7, 11) is 1.97. The number of aromatic nitrogens is 1. The van der Waals surface area contributed by atoms with Crippen LogP contribution in [-0.2, 0) is 6.54 Å². The number of likely N-dealkylation sites (N-methyl/N-ethyl adjacent to an activating group) is 1. The van der Waals surface area contributed by atoms with E-state index in [0.717, 1.165) is 45.1 Å². The third-order valence-corrected chi connectivity index (χ3v) is 3.72. The van der Waals surface area contributed by atoms with Gasteiger partial charge in [0.15, 0.2) is 0 Å². The molecule has 0 saturated carbocycles. The van der Waals surface area contributed by atoms with Crippen LogP contribution < -0.4 is 10.2 Å². The minimum Gasteiger partial charge on any atom is -0.354 e. The number of nitrogens with zero attached hydrogens (tertiary/aromatic N) is 3.